The van der Waals surface area contributed by atoms with Crippen LogP contribution in [0.1, 0.15) is 19.3 Å². The molecule has 0 bridgehead atoms. The molecule has 0 saturated heterocycles. The van der Waals surface area contributed by atoms with E-state index in [0.29, 0.717) is 12.1 Å². The molecule has 1 heterocycles. The van der Waals surface area contributed by atoms with Gasteiger partial charge in [0, 0.05) is 18.5 Å². The van der Waals surface area contributed by atoms with Crippen LogP contribution in [0.2, 0.25) is 0 Å². The van der Waals surface area contributed by atoms with Gasteiger partial charge in [0.05, 0.1) is 11.6 Å². The number of anilines is 1. The molecule has 94 valence electrons. The van der Waals surface area contributed by atoms with Gasteiger partial charge >= 0.3 is 0 Å². The van der Waals surface area contributed by atoms with Crippen LogP contribution in [0.25, 0.3) is 10.9 Å². The van der Waals surface area contributed by atoms with Gasteiger partial charge in [0.25, 0.3) is 0 Å². The van der Waals surface area contributed by atoms with Crippen LogP contribution in [0.3, 0.4) is 0 Å². The van der Waals surface area contributed by atoms with E-state index in [2.05, 4.69) is 28.5 Å². The van der Waals surface area contributed by atoms with E-state index in [4.69, 9.17) is 4.74 Å². The summed E-state index contributed by atoms with van der Waals surface area (Å²) in [5.41, 5.74) is 1.05. The number of aromatic nitrogens is 1. The van der Waals surface area contributed by atoms with Crippen LogP contribution in [-0.4, -0.2) is 24.2 Å². The summed E-state index contributed by atoms with van der Waals surface area (Å²) in [4.78, 5) is 4.64. The first kappa shape index (κ1) is 11.5. The summed E-state index contributed by atoms with van der Waals surface area (Å²) in [6, 6.07) is 12.9. The first-order valence-electron chi connectivity index (χ1n) is 6.50. The van der Waals surface area contributed by atoms with E-state index < -0.39 is 0 Å². The molecule has 1 aliphatic rings. The second-order valence-electron chi connectivity index (χ2n) is 4.90. The molecule has 1 N–H and O–H groups in total. The Morgan fingerprint density at radius 2 is 2.06 bits per heavy atom. The van der Waals surface area contributed by atoms with Gasteiger partial charge in [-0.1, -0.05) is 18.2 Å². The van der Waals surface area contributed by atoms with E-state index in [1.165, 1.54) is 5.39 Å². The summed E-state index contributed by atoms with van der Waals surface area (Å²) in [6.07, 6.45) is 3.78. The SMILES string of the molecule is COC1CCC(Nc2ccc3ccccc3n2)C1. The van der Waals surface area contributed by atoms with Gasteiger partial charge in [0.15, 0.2) is 0 Å². The number of methoxy groups -OCH3 is 1. The topological polar surface area (TPSA) is 34.1 Å². The molecule has 0 aliphatic heterocycles. The van der Waals surface area contributed by atoms with E-state index in [0.717, 1.165) is 30.6 Å². The fourth-order valence-electron chi connectivity index (χ4n) is 2.64. The quantitative estimate of drug-likeness (QED) is 0.897. The summed E-state index contributed by atoms with van der Waals surface area (Å²) < 4.78 is 5.39. The van der Waals surface area contributed by atoms with Crippen molar-refractivity contribution in [3.63, 3.8) is 0 Å². The van der Waals surface area contributed by atoms with E-state index >= 15 is 0 Å². The monoisotopic (exact) mass is 242 g/mol. The van der Waals surface area contributed by atoms with Crippen LogP contribution >= 0.6 is 0 Å². The number of rotatable bonds is 3. The lowest BCUT2D eigenvalue weighted by molar-refractivity contribution is 0.108. The molecule has 0 amide bonds. The molecule has 18 heavy (non-hydrogen) atoms. The number of fused-ring (bicyclic) bond motifs is 1. The molecule has 0 spiro atoms. The van der Waals surface area contributed by atoms with Crippen LogP contribution in [0.5, 0.6) is 0 Å². The van der Waals surface area contributed by atoms with Crippen LogP contribution < -0.4 is 5.32 Å². The zero-order valence-electron chi connectivity index (χ0n) is 10.6. The van der Waals surface area contributed by atoms with E-state index in [1.54, 1.807) is 7.11 Å². The van der Waals surface area contributed by atoms with E-state index in [9.17, 15) is 0 Å². The highest BCUT2D eigenvalue weighted by molar-refractivity contribution is 5.80. The second-order valence-corrected chi connectivity index (χ2v) is 4.90. The summed E-state index contributed by atoms with van der Waals surface area (Å²) >= 11 is 0. The van der Waals surface area contributed by atoms with Gasteiger partial charge < -0.3 is 10.1 Å². The highest BCUT2D eigenvalue weighted by atomic mass is 16.5. The van der Waals surface area contributed by atoms with Crippen molar-refractivity contribution in [2.75, 3.05) is 12.4 Å². The Morgan fingerprint density at radius 3 is 2.89 bits per heavy atom. The normalized spacial score (nSPS) is 23.4. The molecule has 1 aromatic carbocycles. The lowest BCUT2D eigenvalue weighted by Crippen LogP contribution is -2.17. The van der Waals surface area contributed by atoms with Gasteiger partial charge in [0.2, 0.25) is 0 Å². The molecule has 1 saturated carbocycles. The van der Waals surface area contributed by atoms with E-state index in [1.807, 2.05) is 18.2 Å². The number of para-hydroxylation sites is 1. The molecule has 1 aliphatic carbocycles. The van der Waals surface area contributed by atoms with Crippen molar-refractivity contribution in [2.45, 2.75) is 31.4 Å². The van der Waals surface area contributed by atoms with E-state index in [-0.39, 0.29) is 0 Å². The lowest BCUT2D eigenvalue weighted by atomic mass is 10.2. The molecule has 0 radical (unpaired) electrons. The van der Waals surface area contributed by atoms with Crippen molar-refractivity contribution in [3.8, 4) is 0 Å². The Kier molecular flexibility index (Phi) is 3.15. The van der Waals surface area contributed by atoms with Crippen LogP contribution in [-0.2, 0) is 4.74 Å². The molecular formula is C15H18N2O. The minimum absolute atomic E-state index is 0.406. The second kappa shape index (κ2) is 4.94. The highest BCUT2D eigenvalue weighted by Gasteiger charge is 2.24. The molecule has 1 fully saturated rings. The third kappa shape index (κ3) is 2.31. The fraction of sp³-hybridized carbons (Fsp3) is 0.400. The molecule has 3 rings (SSSR count). The van der Waals surface area contributed by atoms with Gasteiger partial charge in [-0.25, -0.2) is 4.98 Å². The average Bonchev–Trinajstić information content (AvgIpc) is 2.86. The number of nitrogens with one attached hydrogen (secondary N) is 1. The van der Waals surface area contributed by atoms with Gasteiger partial charge in [-0.3, -0.25) is 0 Å². The van der Waals surface area contributed by atoms with Gasteiger partial charge in [0.1, 0.15) is 5.82 Å². The number of hydrogen-bond acceptors (Lipinski definition) is 3. The number of benzene rings is 1. The van der Waals surface area contributed by atoms with Crippen molar-refractivity contribution in [1.29, 1.82) is 0 Å². The molecule has 1 aromatic heterocycles. The zero-order chi connectivity index (χ0) is 12.4. The molecule has 2 aromatic rings. The highest BCUT2D eigenvalue weighted by Crippen LogP contribution is 2.25. The van der Waals surface area contributed by atoms with Crippen molar-refractivity contribution < 1.29 is 4.74 Å². The van der Waals surface area contributed by atoms with Crippen LogP contribution in [0.15, 0.2) is 36.4 Å². The van der Waals surface area contributed by atoms with Gasteiger partial charge in [-0.15, -0.1) is 0 Å². The fourth-order valence-corrected chi connectivity index (χ4v) is 2.64. The zero-order valence-corrected chi connectivity index (χ0v) is 10.6. The Hall–Kier alpha value is -1.61. The number of nitrogens with zero attached hydrogens (tertiary/aromatic N) is 1. The Bertz CT molecular complexity index is 541. The third-order valence-electron chi connectivity index (χ3n) is 3.67. The lowest BCUT2D eigenvalue weighted by Gasteiger charge is -2.13. The molecule has 2 atom stereocenters. The Labute approximate surface area is 107 Å². The maximum absolute atomic E-state index is 5.39. The number of ether oxygens (including phenoxy) is 1. The predicted molar refractivity (Wildman–Crippen MR) is 73.8 cm³/mol. The third-order valence-corrected chi connectivity index (χ3v) is 3.67. The van der Waals surface area contributed by atoms with Crippen LogP contribution in [0, 0.1) is 0 Å². The maximum atomic E-state index is 5.39. The predicted octanol–water partition coefficient (Wildman–Crippen LogP) is 3.21. The minimum atomic E-state index is 0.406. The average molecular weight is 242 g/mol. The van der Waals surface area contributed by atoms with Crippen LogP contribution in [0.4, 0.5) is 5.82 Å². The first-order valence-corrected chi connectivity index (χ1v) is 6.50. The summed E-state index contributed by atoms with van der Waals surface area (Å²) in [7, 11) is 1.79. The largest absolute Gasteiger partial charge is 0.381 e. The van der Waals surface area contributed by atoms with Crippen molar-refractivity contribution in [1.82, 2.24) is 4.98 Å². The molecule has 3 nitrogen and oxygen atoms in total. The summed E-state index contributed by atoms with van der Waals surface area (Å²) in [5.74, 6) is 0.968. The van der Waals surface area contributed by atoms with Crippen molar-refractivity contribution in [3.05, 3.63) is 36.4 Å². The number of hydrogen-bond donors (Lipinski definition) is 1. The molecule has 2 unspecified atom stereocenters. The summed E-state index contributed by atoms with van der Waals surface area (Å²) in [5, 5.41) is 4.69. The number of pyridine rings is 1. The molecular weight excluding hydrogens is 224 g/mol. The molecule has 3 heteroatoms. The van der Waals surface area contributed by atoms with Crippen molar-refractivity contribution >= 4 is 16.7 Å². The van der Waals surface area contributed by atoms with Gasteiger partial charge in [-0.2, -0.15) is 0 Å². The summed E-state index contributed by atoms with van der Waals surface area (Å²) in [6.45, 7) is 0. The Morgan fingerprint density at radius 1 is 1.17 bits per heavy atom. The Balaban J connectivity index is 1.75. The minimum Gasteiger partial charge on any atom is -0.381 e. The first-order chi connectivity index (χ1) is 8.85. The smallest absolute Gasteiger partial charge is 0.126 e. The van der Waals surface area contributed by atoms with Crippen molar-refractivity contribution in [2.24, 2.45) is 0 Å². The maximum Gasteiger partial charge on any atom is 0.126 e. The van der Waals surface area contributed by atoms with Gasteiger partial charge in [-0.05, 0) is 37.5 Å². The standard InChI is InChI=1S/C15H18N2O/c1-18-13-8-7-12(10-13)16-15-9-6-11-4-2-3-5-14(11)17-15/h2-6,9,12-13H,7-8,10H2,1H3,(H,16,17).